The van der Waals surface area contributed by atoms with Gasteiger partial charge >= 0.3 is 0 Å². The van der Waals surface area contributed by atoms with Gasteiger partial charge in [-0.15, -0.1) is 0 Å². The van der Waals surface area contributed by atoms with Crippen LogP contribution in [0.4, 0.5) is 5.69 Å². The van der Waals surface area contributed by atoms with Crippen LogP contribution in [0.25, 0.3) is 0 Å². The Labute approximate surface area is 156 Å². The molecule has 2 aromatic rings. The highest BCUT2D eigenvalue weighted by atomic mass is 79.9. The largest absolute Gasteiger partial charge is 0.496 e. The first-order valence-corrected chi connectivity index (χ1v) is 9.29. The fourth-order valence-corrected chi connectivity index (χ4v) is 4.45. The molecule has 4 rings (SSSR count). The zero-order valence-corrected chi connectivity index (χ0v) is 15.8. The summed E-state index contributed by atoms with van der Waals surface area (Å²) in [5, 5.41) is 3.70. The number of methoxy groups -OCH3 is 1. The average Bonchev–Trinajstić information content (AvgIpc) is 3.10. The molecule has 1 N–H and O–H groups in total. The Morgan fingerprint density at radius 3 is 2.80 bits per heavy atom. The van der Waals surface area contributed by atoms with Gasteiger partial charge in [0, 0.05) is 27.2 Å². The van der Waals surface area contributed by atoms with Crippen molar-refractivity contribution in [3.05, 3.63) is 69.7 Å². The molecule has 2 aromatic carbocycles. The fraction of sp³-hybridized carbons (Fsp3) is 0.286. The summed E-state index contributed by atoms with van der Waals surface area (Å²) in [6, 6.07) is 12.3. The van der Waals surface area contributed by atoms with E-state index in [9.17, 15) is 4.79 Å². The SMILES string of the molecule is COc1ccc(Br)cc1[C@@H]1Nc2ccc(C(C)=O)cc2[C@@H]2C=CC[C@@H]21. The quantitative estimate of drug-likeness (QED) is 0.549. The molecule has 4 heteroatoms. The second kappa shape index (κ2) is 6.34. The lowest BCUT2D eigenvalue weighted by molar-refractivity contribution is 0.101. The summed E-state index contributed by atoms with van der Waals surface area (Å²) < 4.78 is 6.66. The number of hydrogen-bond acceptors (Lipinski definition) is 3. The molecule has 0 bridgehead atoms. The summed E-state index contributed by atoms with van der Waals surface area (Å²) in [5.41, 5.74) is 4.26. The van der Waals surface area contributed by atoms with Gasteiger partial charge in [-0.25, -0.2) is 0 Å². The van der Waals surface area contributed by atoms with Gasteiger partial charge in [-0.1, -0.05) is 28.1 Å². The highest BCUT2D eigenvalue weighted by Crippen LogP contribution is 2.51. The molecule has 1 heterocycles. The number of benzene rings is 2. The molecular formula is C21H20BrNO2. The van der Waals surface area contributed by atoms with Gasteiger partial charge in [0.05, 0.1) is 13.2 Å². The number of hydrogen-bond donors (Lipinski definition) is 1. The third kappa shape index (κ3) is 2.78. The molecule has 3 nitrogen and oxygen atoms in total. The van der Waals surface area contributed by atoms with Crippen LogP contribution in [0.2, 0.25) is 0 Å². The normalized spacial score (nSPS) is 23.6. The van der Waals surface area contributed by atoms with E-state index in [2.05, 4.69) is 39.5 Å². The van der Waals surface area contributed by atoms with Gasteiger partial charge in [-0.3, -0.25) is 4.79 Å². The summed E-state index contributed by atoms with van der Waals surface area (Å²) in [7, 11) is 1.72. The van der Waals surface area contributed by atoms with Gasteiger partial charge in [0.25, 0.3) is 0 Å². The van der Waals surface area contributed by atoms with Crippen LogP contribution >= 0.6 is 15.9 Å². The molecule has 0 saturated heterocycles. The van der Waals surface area contributed by atoms with Crippen molar-refractivity contribution in [2.24, 2.45) is 5.92 Å². The number of ether oxygens (including phenoxy) is 1. The lowest BCUT2D eigenvalue weighted by Crippen LogP contribution is -2.29. The van der Waals surface area contributed by atoms with Crippen LogP contribution < -0.4 is 10.1 Å². The molecule has 0 unspecified atom stereocenters. The van der Waals surface area contributed by atoms with E-state index in [1.54, 1.807) is 14.0 Å². The Balaban J connectivity index is 1.81. The maximum atomic E-state index is 11.8. The van der Waals surface area contributed by atoms with Crippen molar-refractivity contribution in [1.29, 1.82) is 0 Å². The Morgan fingerprint density at radius 2 is 2.04 bits per heavy atom. The molecule has 3 atom stereocenters. The van der Waals surface area contributed by atoms with Crippen LogP contribution in [0.1, 0.15) is 46.8 Å². The zero-order chi connectivity index (χ0) is 17.6. The minimum Gasteiger partial charge on any atom is -0.496 e. The predicted molar refractivity (Wildman–Crippen MR) is 103 cm³/mol. The van der Waals surface area contributed by atoms with E-state index in [1.165, 1.54) is 5.56 Å². The highest BCUT2D eigenvalue weighted by Gasteiger charge is 2.39. The van der Waals surface area contributed by atoms with Crippen LogP contribution in [-0.4, -0.2) is 12.9 Å². The second-order valence-corrected chi connectivity index (χ2v) is 7.64. The summed E-state index contributed by atoms with van der Waals surface area (Å²) >= 11 is 3.59. The highest BCUT2D eigenvalue weighted by molar-refractivity contribution is 9.10. The Morgan fingerprint density at radius 1 is 1.20 bits per heavy atom. The molecular weight excluding hydrogens is 378 g/mol. The first-order chi connectivity index (χ1) is 12.1. The van der Waals surface area contributed by atoms with Crippen molar-refractivity contribution >= 4 is 27.4 Å². The molecule has 0 amide bonds. The van der Waals surface area contributed by atoms with Crippen molar-refractivity contribution < 1.29 is 9.53 Å². The molecule has 0 aromatic heterocycles. The Bertz CT molecular complexity index is 874. The Hall–Kier alpha value is -2.07. The lowest BCUT2D eigenvalue weighted by Gasteiger charge is -2.38. The van der Waals surface area contributed by atoms with E-state index >= 15 is 0 Å². The van der Waals surface area contributed by atoms with Crippen LogP contribution in [0.5, 0.6) is 5.75 Å². The third-order valence-electron chi connectivity index (χ3n) is 5.30. The number of allylic oxidation sites excluding steroid dienone is 2. The van der Waals surface area contributed by atoms with Crippen LogP contribution in [0.15, 0.2) is 53.0 Å². The molecule has 1 aliphatic heterocycles. The van der Waals surface area contributed by atoms with Crippen molar-refractivity contribution in [2.75, 3.05) is 12.4 Å². The minimum atomic E-state index is 0.108. The topological polar surface area (TPSA) is 38.3 Å². The van der Waals surface area contributed by atoms with Gasteiger partial charge in [0.15, 0.2) is 5.78 Å². The number of halogens is 1. The van der Waals surface area contributed by atoms with E-state index in [1.807, 2.05) is 30.3 Å². The van der Waals surface area contributed by atoms with Gasteiger partial charge < -0.3 is 10.1 Å². The van der Waals surface area contributed by atoms with E-state index in [0.29, 0.717) is 11.8 Å². The van der Waals surface area contributed by atoms with Crippen LogP contribution in [0.3, 0.4) is 0 Å². The summed E-state index contributed by atoms with van der Waals surface area (Å²) in [6.07, 6.45) is 5.55. The number of carbonyl (C=O) groups is 1. The molecule has 0 saturated carbocycles. The maximum absolute atomic E-state index is 11.8. The van der Waals surface area contributed by atoms with Crippen molar-refractivity contribution in [2.45, 2.75) is 25.3 Å². The second-order valence-electron chi connectivity index (χ2n) is 6.72. The fourth-order valence-electron chi connectivity index (χ4n) is 4.07. The van der Waals surface area contributed by atoms with E-state index in [0.717, 1.165) is 33.5 Å². The van der Waals surface area contributed by atoms with Gasteiger partial charge in [0.2, 0.25) is 0 Å². The number of nitrogens with one attached hydrogen (secondary N) is 1. The minimum absolute atomic E-state index is 0.108. The van der Waals surface area contributed by atoms with Crippen LogP contribution in [-0.2, 0) is 0 Å². The molecule has 1 aliphatic carbocycles. The maximum Gasteiger partial charge on any atom is 0.159 e. The monoisotopic (exact) mass is 397 g/mol. The summed E-state index contributed by atoms with van der Waals surface area (Å²) in [5.74, 6) is 1.74. The number of Topliss-reactive ketones (excluding diaryl/α,β-unsaturated/α-hetero) is 1. The molecule has 25 heavy (non-hydrogen) atoms. The van der Waals surface area contributed by atoms with Crippen molar-refractivity contribution in [3.63, 3.8) is 0 Å². The standard InChI is InChI=1S/C21H20BrNO2/c1-12(24)13-6-8-19-17(10-13)15-4-3-5-16(15)21(23-19)18-11-14(22)7-9-20(18)25-2/h3-4,6-11,15-16,21,23H,5H2,1-2H3/t15-,16+,21-/m1/s1. The number of fused-ring (bicyclic) bond motifs is 3. The van der Waals surface area contributed by atoms with Gasteiger partial charge in [-0.05, 0) is 61.2 Å². The smallest absolute Gasteiger partial charge is 0.159 e. The molecule has 2 aliphatic rings. The predicted octanol–water partition coefficient (Wildman–Crippen LogP) is 5.49. The zero-order valence-electron chi connectivity index (χ0n) is 14.3. The van der Waals surface area contributed by atoms with E-state index in [4.69, 9.17) is 4.74 Å². The molecule has 0 spiro atoms. The Kier molecular flexibility index (Phi) is 4.16. The molecule has 128 valence electrons. The number of carbonyl (C=O) groups excluding carboxylic acids is 1. The van der Waals surface area contributed by atoms with E-state index < -0.39 is 0 Å². The molecule has 0 fully saturated rings. The average molecular weight is 398 g/mol. The number of rotatable bonds is 3. The summed E-state index contributed by atoms with van der Waals surface area (Å²) in [4.78, 5) is 11.8. The third-order valence-corrected chi connectivity index (χ3v) is 5.79. The van der Waals surface area contributed by atoms with Gasteiger partial charge in [-0.2, -0.15) is 0 Å². The number of anilines is 1. The first-order valence-electron chi connectivity index (χ1n) is 8.50. The molecule has 0 radical (unpaired) electrons. The first kappa shape index (κ1) is 16.4. The van der Waals surface area contributed by atoms with Crippen molar-refractivity contribution in [1.82, 2.24) is 0 Å². The van der Waals surface area contributed by atoms with Gasteiger partial charge in [0.1, 0.15) is 5.75 Å². The number of ketones is 1. The lowest BCUT2D eigenvalue weighted by atomic mass is 9.76. The van der Waals surface area contributed by atoms with Crippen molar-refractivity contribution in [3.8, 4) is 5.75 Å². The van der Waals surface area contributed by atoms with E-state index in [-0.39, 0.29) is 11.8 Å². The summed E-state index contributed by atoms with van der Waals surface area (Å²) in [6.45, 7) is 1.62. The van der Waals surface area contributed by atoms with Crippen LogP contribution in [0, 0.1) is 5.92 Å².